The summed E-state index contributed by atoms with van der Waals surface area (Å²) in [6, 6.07) is 9.01. The van der Waals surface area contributed by atoms with E-state index >= 15 is 0 Å². The first-order valence-corrected chi connectivity index (χ1v) is 7.95. The van der Waals surface area contributed by atoms with Crippen LogP contribution < -0.4 is 10.6 Å². The molecule has 0 aliphatic heterocycles. The number of hydrogen-bond donors (Lipinski definition) is 2. The largest absolute Gasteiger partial charge is 0.356 e. The Bertz CT molecular complexity index is 432. The van der Waals surface area contributed by atoms with E-state index in [-0.39, 0.29) is 17.4 Å². The fourth-order valence-electron chi connectivity index (χ4n) is 2.14. The lowest BCUT2D eigenvalue weighted by Crippen LogP contribution is -2.29. The highest BCUT2D eigenvalue weighted by atomic mass is 16.1. The van der Waals surface area contributed by atoms with Gasteiger partial charge in [-0.05, 0) is 29.9 Å². The van der Waals surface area contributed by atoms with Gasteiger partial charge in [-0.15, -0.1) is 0 Å². The molecule has 0 heterocycles. The summed E-state index contributed by atoms with van der Waals surface area (Å²) in [6.07, 6.45) is 1.51. The first kappa shape index (κ1) is 17.7. The Morgan fingerprint density at radius 3 is 2.29 bits per heavy atom. The number of nitrogens with one attached hydrogen (secondary N) is 2. The fourth-order valence-corrected chi connectivity index (χ4v) is 2.14. The minimum absolute atomic E-state index is 0.125. The molecular formula is C18H30N2O. The normalized spacial score (nSPS) is 13.0. The Hall–Kier alpha value is -1.35. The van der Waals surface area contributed by atoms with Crippen molar-refractivity contribution < 1.29 is 4.79 Å². The molecule has 1 atom stereocenters. The molecule has 3 heteroatoms. The molecule has 1 aromatic carbocycles. The van der Waals surface area contributed by atoms with Gasteiger partial charge in [-0.2, -0.15) is 0 Å². The molecule has 0 radical (unpaired) electrons. The third kappa shape index (κ3) is 6.30. The topological polar surface area (TPSA) is 41.1 Å². The second-order valence-corrected chi connectivity index (χ2v) is 6.65. The molecule has 118 valence electrons. The lowest BCUT2D eigenvalue weighted by molar-refractivity contribution is -0.121. The minimum Gasteiger partial charge on any atom is -0.356 e. The van der Waals surface area contributed by atoms with Crippen LogP contribution in [-0.2, 0) is 10.2 Å². The van der Waals surface area contributed by atoms with Crippen molar-refractivity contribution in [3.8, 4) is 0 Å². The summed E-state index contributed by atoms with van der Waals surface area (Å²) in [7, 11) is 0. The molecule has 1 unspecified atom stereocenters. The van der Waals surface area contributed by atoms with Crippen molar-refractivity contribution in [1.82, 2.24) is 10.6 Å². The van der Waals surface area contributed by atoms with E-state index < -0.39 is 0 Å². The second kappa shape index (κ2) is 8.18. The van der Waals surface area contributed by atoms with Crippen molar-refractivity contribution in [2.45, 2.75) is 58.9 Å². The summed E-state index contributed by atoms with van der Waals surface area (Å²) in [5.74, 6) is 0.125. The monoisotopic (exact) mass is 290 g/mol. The van der Waals surface area contributed by atoms with Gasteiger partial charge in [-0.1, -0.05) is 52.0 Å². The lowest BCUT2D eigenvalue weighted by atomic mass is 9.86. The molecular weight excluding hydrogens is 260 g/mol. The van der Waals surface area contributed by atoms with Crippen LogP contribution >= 0.6 is 0 Å². The van der Waals surface area contributed by atoms with Crippen LogP contribution in [0.3, 0.4) is 0 Å². The second-order valence-electron chi connectivity index (χ2n) is 6.65. The molecule has 1 rings (SSSR count). The van der Waals surface area contributed by atoms with Gasteiger partial charge in [-0.3, -0.25) is 4.79 Å². The number of amides is 1. The summed E-state index contributed by atoms with van der Waals surface area (Å²) >= 11 is 0. The molecule has 1 amide bonds. The van der Waals surface area contributed by atoms with Gasteiger partial charge in [0.05, 0.1) is 0 Å². The summed E-state index contributed by atoms with van der Waals surface area (Å²) in [4.78, 5) is 11.5. The van der Waals surface area contributed by atoms with E-state index in [4.69, 9.17) is 0 Å². The average Bonchev–Trinajstić information content (AvgIpc) is 2.44. The third-order valence-electron chi connectivity index (χ3n) is 3.65. The summed E-state index contributed by atoms with van der Waals surface area (Å²) in [5, 5.41) is 6.29. The van der Waals surface area contributed by atoms with Crippen molar-refractivity contribution in [2.24, 2.45) is 0 Å². The van der Waals surface area contributed by atoms with Gasteiger partial charge < -0.3 is 10.6 Å². The highest BCUT2D eigenvalue weighted by Crippen LogP contribution is 2.23. The van der Waals surface area contributed by atoms with E-state index in [9.17, 15) is 4.79 Å². The van der Waals surface area contributed by atoms with E-state index in [0.717, 1.165) is 13.0 Å². The van der Waals surface area contributed by atoms with Crippen molar-refractivity contribution in [1.29, 1.82) is 0 Å². The standard InChI is InChI=1S/C18H30N2O/c1-6-12-20-17(21)11-13-19-14(2)15-7-9-16(10-8-15)18(3,4)5/h7-10,14,19H,6,11-13H2,1-5H3,(H,20,21). The molecule has 0 saturated carbocycles. The van der Waals surface area contributed by atoms with Crippen LogP contribution in [0, 0.1) is 0 Å². The SMILES string of the molecule is CCCNC(=O)CCNC(C)c1ccc(C(C)(C)C)cc1. The Balaban J connectivity index is 2.42. The van der Waals surface area contributed by atoms with Crippen molar-refractivity contribution in [3.05, 3.63) is 35.4 Å². The maximum absolute atomic E-state index is 11.5. The Kier molecular flexibility index (Phi) is 6.90. The molecule has 21 heavy (non-hydrogen) atoms. The zero-order chi connectivity index (χ0) is 15.9. The predicted octanol–water partition coefficient (Wildman–Crippen LogP) is 3.55. The maximum atomic E-state index is 11.5. The van der Waals surface area contributed by atoms with Crippen molar-refractivity contribution in [2.75, 3.05) is 13.1 Å². The van der Waals surface area contributed by atoms with Gasteiger partial charge in [0, 0.05) is 25.6 Å². The van der Waals surface area contributed by atoms with E-state index in [2.05, 4.69) is 69.5 Å². The predicted molar refractivity (Wildman–Crippen MR) is 89.5 cm³/mol. The highest BCUT2D eigenvalue weighted by Gasteiger charge is 2.14. The van der Waals surface area contributed by atoms with Crippen LogP contribution in [0.25, 0.3) is 0 Å². The Labute approximate surface area is 129 Å². The fraction of sp³-hybridized carbons (Fsp3) is 0.611. The van der Waals surface area contributed by atoms with Gasteiger partial charge >= 0.3 is 0 Å². The van der Waals surface area contributed by atoms with Crippen molar-refractivity contribution >= 4 is 5.91 Å². The van der Waals surface area contributed by atoms with Crippen LogP contribution in [0.5, 0.6) is 0 Å². The van der Waals surface area contributed by atoms with Crippen LogP contribution in [0.1, 0.15) is 64.6 Å². The van der Waals surface area contributed by atoms with E-state index in [1.54, 1.807) is 0 Å². The zero-order valence-corrected chi connectivity index (χ0v) is 14.1. The van der Waals surface area contributed by atoms with Crippen molar-refractivity contribution in [3.63, 3.8) is 0 Å². The molecule has 2 N–H and O–H groups in total. The molecule has 0 fully saturated rings. The number of benzene rings is 1. The molecule has 1 aromatic rings. The number of rotatable bonds is 7. The highest BCUT2D eigenvalue weighted by molar-refractivity contribution is 5.75. The molecule has 0 saturated heterocycles. The molecule has 0 aromatic heterocycles. The number of carbonyl (C=O) groups is 1. The quantitative estimate of drug-likeness (QED) is 0.806. The smallest absolute Gasteiger partial charge is 0.221 e. The zero-order valence-electron chi connectivity index (χ0n) is 14.1. The average molecular weight is 290 g/mol. The minimum atomic E-state index is 0.125. The summed E-state index contributed by atoms with van der Waals surface area (Å²) < 4.78 is 0. The van der Waals surface area contributed by atoms with E-state index in [1.807, 2.05) is 0 Å². The number of carbonyl (C=O) groups excluding carboxylic acids is 1. The number of hydrogen-bond acceptors (Lipinski definition) is 2. The first-order chi connectivity index (χ1) is 9.84. The molecule has 0 bridgehead atoms. The first-order valence-electron chi connectivity index (χ1n) is 7.95. The Morgan fingerprint density at radius 1 is 1.14 bits per heavy atom. The summed E-state index contributed by atoms with van der Waals surface area (Å²) in [5.41, 5.74) is 2.79. The van der Waals surface area contributed by atoms with Crippen LogP contribution in [-0.4, -0.2) is 19.0 Å². The third-order valence-corrected chi connectivity index (χ3v) is 3.65. The van der Waals surface area contributed by atoms with E-state index in [1.165, 1.54) is 11.1 Å². The molecule has 3 nitrogen and oxygen atoms in total. The molecule has 0 aliphatic carbocycles. The van der Waals surface area contributed by atoms with Gasteiger partial charge in [-0.25, -0.2) is 0 Å². The maximum Gasteiger partial charge on any atom is 0.221 e. The van der Waals surface area contributed by atoms with Gasteiger partial charge in [0.25, 0.3) is 0 Å². The van der Waals surface area contributed by atoms with Crippen LogP contribution in [0.2, 0.25) is 0 Å². The van der Waals surface area contributed by atoms with Crippen LogP contribution in [0.15, 0.2) is 24.3 Å². The van der Waals surface area contributed by atoms with E-state index in [0.29, 0.717) is 13.0 Å². The summed E-state index contributed by atoms with van der Waals surface area (Å²) in [6.45, 7) is 12.3. The lowest BCUT2D eigenvalue weighted by Gasteiger charge is -2.20. The van der Waals surface area contributed by atoms with Crippen LogP contribution in [0.4, 0.5) is 0 Å². The molecule has 0 spiro atoms. The Morgan fingerprint density at radius 2 is 1.76 bits per heavy atom. The van der Waals surface area contributed by atoms with Gasteiger partial charge in [0.15, 0.2) is 0 Å². The molecule has 0 aliphatic rings. The van der Waals surface area contributed by atoms with Gasteiger partial charge in [0.2, 0.25) is 5.91 Å². The van der Waals surface area contributed by atoms with Gasteiger partial charge in [0.1, 0.15) is 0 Å².